The van der Waals surface area contributed by atoms with E-state index in [0.717, 1.165) is 61.7 Å². The highest BCUT2D eigenvalue weighted by molar-refractivity contribution is 6.08. The summed E-state index contributed by atoms with van der Waals surface area (Å²) in [6.45, 7) is 4.91. The Morgan fingerprint density at radius 3 is 1.75 bits per heavy atom. The second kappa shape index (κ2) is 13.3. The molecule has 0 N–H and O–H groups in total. The van der Waals surface area contributed by atoms with Gasteiger partial charge >= 0.3 is 0 Å². The first-order valence-electron chi connectivity index (χ1n) is 19.7. The Kier molecular flexibility index (Phi) is 8.07. The predicted molar refractivity (Wildman–Crippen MR) is 225 cm³/mol. The highest BCUT2D eigenvalue weighted by Gasteiger charge is 2.45. The zero-order valence-corrected chi connectivity index (χ0v) is 31.3. The van der Waals surface area contributed by atoms with Crippen LogP contribution in [0, 0.1) is 29.1 Å². The number of aromatic nitrogens is 3. The molecular weight excluding hydrogens is 669 g/mol. The van der Waals surface area contributed by atoms with Crippen molar-refractivity contribution in [3.63, 3.8) is 0 Å². The van der Waals surface area contributed by atoms with Crippen LogP contribution in [0.4, 0.5) is 0 Å². The van der Waals surface area contributed by atoms with Crippen molar-refractivity contribution >= 4 is 32.3 Å². The standard InChI is InChI=1S/C51H42N4/c1-32-23-35-24-33(2)29-51(28-32,30-35)45-20-17-39(18-21-45)49-53-48(38-12-9-36(10-13-38)41-15-14-40-25-34(31-52)7-8-42(40)26-41)54-50(55-49)44-19-22-47-43(27-44)16-11-37-5-3-4-6-46(37)47/h3-22,25-27,32-33,35H,23-24,28-30H2,1-2H3/t32-,33+,35-,51?. The Labute approximate surface area is 322 Å². The van der Waals surface area contributed by atoms with E-state index in [-0.39, 0.29) is 5.41 Å². The Bertz CT molecular complexity index is 2770. The number of rotatable bonds is 5. The first-order chi connectivity index (χ1) is 26.9. The fourth-order valence-electron chi connectivity index (χ4n) is 10.3. The van der Waals surface area contributed by atoms with Crippen molar-refractivity contribution in [2.75, 3.05) is 0 Å². The Morgan fingerprint density at radius 1 is 0.491 bits per heavy atom. The largest absolute Gasteiger partial charge is 0.208 e. The van der Waals surface area contributed by atoms with Gasteiger partial charge in [0.25, 0.3) is 0 Å². The number of hydrogen-bond acceptors (Lipinski definition) is 4. The minimum atomic E-state index is 0.273. The first kappa shape index (κ1) is 33.4. The quantitative estimate of drug-likeness (QED) is 0.167. The fourth-order valence-corrected chi connectivity index (χ4v) is 10.3. The summed E-state index contributed by atoms with van der Waals surface area (Å²) in [6, 6.07) is 51.7. The minimum absolute atomic E-state index is 0.273. The van der Waals surface area contributed by atoms with Gasteiger partial charge in [0.05, 0.1) is 11.6 Å². The third kappa shape index (κ3) is 6.15. The molecule has 2 bridgehead atoms. The van der Waals surface area contributed by atoms with Gasteiger partial charge in [-0.25, -0.2) is 15.0 Å². The smallest absolute Gasteiger partial charge is 0.164 e. The SMILES string of the molecule is C[C@@H]1C[C@@H]2C[C@H](C)CC(c3ccc(-c4nc(-c5ccc(-c6ccc7cc(C#N)ccc7c6)cc5)nc(-c5ccc6c(ccc7ccccc76)c5)n4)cc3)(C1)C2. The monoisotopic (exact) mass is 710 g/mol. The van der Waals surface area contributed by atoms with E-state index < -0.39 is 0 Å². The molecule has 2 fully saturated rings. The lowest BCUT2D eigenvalue weighted by atomic mass is 9.54. The third-order valence-electron chi connectivity index (χ3n) is 12.5. The molecule has 55 heavy (non-hydrogen) atoms. The van der Waals surface area contributed by atoms with Crippen LogP contribution in [0.5, 0.6) is 0 Å². The molecule has 2 aliphatic rings. The van der Waals surface area contributed by atoms with Crippen molar-refractivity contribution in [2.45, 2.75) is 51.4 Å². The summed E-state index contributed by atoms with van der Waals surface area (Å²) in [5.74, 6) is 4.38. The van der Waals surface area contributed by atoms with Gasteiger partial charge in [-0.15, -0.1) is 0 Å². The number of nitrogens with zero attached hydrogens (tertiary/aromatic N) is 4. The fraction of sp³-hybridized carbons (Fsp3) is 0.216. The maximum absolute atomic E-state index is 9.33. The number of benzene rings is 7. The maximum Gasteiger partial charge on any atom is 0.164 e. The van der Waals surface area contributed by atoms with Gasteiger partial charge in [0.15, 0.2) is 17.5 Å². The molecule has 1 aromatic heterocycles. The van der Waals surface area contributed by atoms with Crippen LogP contribution in [0.3, 0.4) is 0 Å². The van der Waals surface area contributed by atoms with E-state index >= 15 is 0 Å². The van der Waals surface area contributed by atoms with Crippen LogP contribution in [0.25, 0.3) is 77.6 Å². The van der Waals surface area contributed by atoms with Gasteiger partial charge in [-0.05, 0) is 129 Å². The second-order valence-corrected chi connectivity index (χ2v) is 16.5. The van der Waals surface area contributed by atoms with Crippen molar-refractivity contribution in [3.05, 3.63) is 151 Å². The van der Waals surface area contributed by atoms with Gasteiger partial charge in [0, 0.05) is 16.7 Å². The van der Waals surface area contributed by atoms with E-state index in [1.807, 2.05) is 18.2 Å². The predicted octanol–water partition coefficient (Wildman–Crippen LogP) is 13.0. The minimum Gasteiger partial charge on any atom is -0.208 e. The van der Waals surface area contributed by atoms with E-state index in [1.54, 1.807) is 0 Å². The van der Waals surface area contributed by atoms with E-state index in [1.165, 1.54) is 53.8 Å². The molecule has 0 spiro atoms. The summed E-state index contributed by atoms with van der Waals surface area (Å²) >= 11 is 0. The molecule has 2 aliphatic carbocycles. The summed E-state index contributed by atoms with van der Waals surface area (Å²) in [4.78, 5) is 15.4. The zero-order chi connectivity index (χ0) is 37.1. The van der Waals surface area contributed by atoms with Crippen molar-refractivity contribution in [1.82, 2.24) is 15.0 Å². The number of nitriles is 1. The molecule has 7 aromatic carbocycles. The van der Waals surface area contributed by atoms with Crippen LogP contribution < -0.4 is 0 Å². The molecule has 10 rings (SSSR count). The summed E-state index contributed by atoms with van der Waals surface area (Å²) in [5.41, 5.74) is 7.56. The molecule has 2 saturated carbocycles. The molecule has 1 heterocycles. The van der Waals surface area contributed by atoms with Crippen molar-refractivity contribution in [2.24, 2.45) is 17.8 Å². The maximum atomic E-state index is 9.33. The topological polar surface area (TPSA) is 62.5 Å². The molecule has 0 amide bonds. The average molecular weight is 711 g/mol. The average Bonchev–Trinajstić information content (AvgIpc) is 3.22. The van der Waals surface area contributed by atoms with E-state index in [2.05, 4.69) is 141 Å². The van der Waals surface area contributed by atoms with Gasteiger partial charge < -0.3 is 0 Å². The lowest BCUT2D eigenvalue weighted by Crippen LogP contribution is -2.42. The highest BCUT2D eigenvalue weighted by Crippen LogP contribution is 2.54. The van der Waals surface area contributed by atoms with Crippen LogP contribution in [0.2, 0.25) is 0 Å². The highest BCUT2D eigenvalue weighted by atomic mass is 15.0. The summed E-state index contributed by atoms with van der Waals surface area (Å²) in [7, 11) is 0. The molecule has 4 heteroatoms. The van der Waals surface area contributed by atoms with Gasteiger partial charge in [0.1, 0.15) is 0 Å². The van der Waals surface area contributed by atoms with Gasteiger partial charge in [-0.3, -0.25) is 0 Å². The lowest BCUT2D eigenvalue weighted by Gasteiger charge is -2.50. The third-order valence-corrected chi connectivity index (χ3v) is 12.5. The molecule has 4 atom stereocenters. The van der Waals surface area contributed by atoms with E-state index in [9.17, 15) is 5.26 Å². The van der Waals surface area contributed by atoms with Crippen molar-refractivity contribution in [3.8, 4) is 51.4 Å². The van der Waals surface area contributed by atoms with Crippen molar-refractivity contribution < 1.29 is 0 Å². The first-order valence-corrected chi connectivity index (χ1v) is 19.7. The summed E-state index contributed by atoms with van der Waals surface area (Å²) in [6.07, 6.45) is 6.62. The number of fused-ring (bicyclic) bond motifs is 6. The van der Waals surface area contributed by atoms with Crippen LogP contribution in [0.15, 0.2) is 140 Å². The van der Waals surface area contributed by atoms with Gasteiger partial charge in [-0.1, -0.05) is 129 Å². The molecule has 0 saturated heterocycles. The van der Waals surface area contributed by atoms with Crippen molar-refractivity contribution in [1.29, 1.82) is 5.26 Å². The molecular formula is C51H42N4. The van der Waals surface area contributed by atoms with E-state index in [0.29, 0.717) is 23.0 Å². The Hall–Kier alpha value is -6.18. The van der Waals surface area contributed by atoms with E-state index in [4.69, 9.17) is 15.0 Å². The van der Waals surface area contributed by atoms with Gasteiger partial charge in [-0.2, -0.15) is 5.26 Å². The normalized spacial score (nSPS) is 20.8. The Morgan fingerprint density at radius 2 is 1.02 bits per heavy atom. The molecule has 4 nitrogen and oxygen atoms in total. The van der Waals surface area contributed by atoms with Crippen LogP contribution in [-0.4, -0.2) is 15.0 Å². The number of hydrogen-bond donors (Lipinski definition) is 0. The van der Waals surface area contributed by atoms with Crippen LogP contribution in [0.1, 0.15) is 57.1 Å². The molecule has 8 aromatic rings. The molecule has 0 radical (unpaired) electrons. The lowest BCUT2D eigenvalue weighted by molar-refractivity contribution is 0.0780. The second-order valence-electron chi connectivity index (χ2n) is 16.5. The molecule has 1 unspecified atom stereocenters. The molecule has 266 valence electrons. The zero-order valence-electron chi connectivity index (χ0n) is 31.3. The molecule has 0 aliphatic heterocycles. The summed E-state index contributed by atoms with van der Waals surface area (Å²) < 4.78 is 0. The van der Waals surface area contributed by atoms with Gasteiger partial charge in [0.2, 0.25) is 0 Å². The van der Waals surface area contributed by atoms with Crippen LogP contribution >= 0.6 is 0 Å². The summed E-state index contributed by atoms with van der Waals surface area (Å²) in [5, 5.41) is 16.4. The Balaban J connectivity index is 1.05. The van der Waals surface area contributed by atoms with Crippen LogP contribution in [-0.2, 0) is 5.41 Å².